The number of anilines is 1. The van der Waals surface area contributed by atoms with E-state index in [-0.39, 0.29) is 5.69 Å². The first kappa shape index (κ1) is 14.5. The van der Waals surface area contributed by atoms with E-state index in [2.05, 4.69) is 46.4 Å². The third-order valence-corrected chi connectivity index (χ3v) is 3.80. The number of benzene rings is 2. The van der Waals surface area contributed by atoms with Gasteiger partial charge in [-0.3, -0.25) is 10.1 Å². The third kappa shape index (κ3) is 3.36. The van der Waals surface area contributed by atoms with Crippen molar-refractivity contribution in [2.75, 3.05) is 5.32 Å². The minimum atomic E-state index is -0.396. The molecule has 0 spiro atoms. The first-order valence-electron chi connectivity index (χ1n) is 6.21. The average molecular weight is 335 g/mol. The molecular weight excluding hydrogens is 320 g/mol. The van der Waals surface area contributed by atoms with Gasteiger partial charge in [-0.25, -0.2) is 0 Å². The lowest BCUT2D eigenvalue weighted by molar-refractivity contribution is -0.385. The summed E-state index contributed by atoms with van der Waals surface area (Å²) in [5.74, 6) is 0. The van der Waals surface area contributed by atoms with Gasteiger partial charge in [0, 0.05) is 18.3 Å². The number of rotatable bonds is 4. The molecule has 0 bridgehead atoms. The van der Waals surface area contributed by atoms with Crippen LogP contribution in [0.5, 0.6) is 0 Å². The summed E-state index contributed by atoms with van der Waals surface area (Å²) in [5, 5.41) is 14.1. The van der Waals surface area contributed by atoms with Crippen molar-refractivity contribution in [2.24, 2.45) is 0 Å². The van der Waals surface area contributed by atoms with Crippen LogP contribution in [0.4, 0.5) is 11.4 Å². The number of nitrogens with one attached hydrogen (secondary N) is 1. The number of halogens is 1. The fourth-order valence-corrected chi connectivity index (χ4v) is 2.34. The van der Waals surface area contributed by atoms with Crippen LogP contribution in [0.1, 0.15) is 16.7 Å². The molecule has 104 valence electrons. The lowest BCUT2D eigenvalue weighted by atomic mass is 10.1. The van der Waals surface area contributed by atoms with Crippen LogP contribution in [0.3, 0.4) is 0 Å². The Balaban J connectivity index is 2.17. The minimum Gasteiger partial charge on any atom is -0.381 e. The van der Waals surface area contributed by atoms with Gasteiger partial charge in [0.25, 0.3) is 5.69 Å². The van der Waals surface area contributed by atoms with E-state index in [1.807, 2.05) is 13.0 Å². The molecular formula is C15H15BrN2O2. The molecule has 4 nitrogen and oxygen atoms in total. The second-order valence-corrected chi connectivity index (χ2v) is 5.56. The molecule has 0 aliphatic rings. The largest absolute Gasteiger partial charge is 0.381 e. The molecule has 0 heterocycles. The topological polar surface area (TPSA) is 55.2 Å². The maximum absolute atomic E-state index is 10.9. The number of hydrogen-bond donors (Lipinski definition) is 1. The predicted octanol–water partition coefficient (Wildman–Crippen LogP) is 4.59. The number of aryl methyl sites for hydroxylation is 2. The van der Waals surface area contributed by atoms with Crippen LogP contribution in [0, 0.1) is 24.0 Å². The van der Waals surface area contributed by atoms with E-state index in [0.29, 0.717) is 11.0 Å². The molecule has 0 aliphatic heterocycles. The fraction of sp³-hybridized carbons (Fsp3) is 0.200. The zero-order valence-corrected chi connectivity index (χ0v) is 12.9. The number of hydrogen-bond acceptors (Lipinski definition) is 3. The van der Waals surface area contributed by atoms with Crippen molar-refractivity contribution in [3.63, 3.8) is 0 Å². The van der Waals surface area contributed by atoms with Gasteiger partial charge >= 0.3 is 0 Å². The molecule has 2 rings (SSSR count). The Morgan fingerprint density at radius 3 is 2.65 bits per heavy atom. The van der Waals surface area contributed by atoms with Crippen LogP contribution in [0.15, 0.2) is 40.9 Å². The van der Waals surface area contributed by atoms with E-state index in [9.17, 15) is 10.1 Å². The summed E-state index contributed by atoms with van der Waals surface area (Å²) in [6.45, 7) is 4.75. The molecule has 5 heteroatoms. The zero-order valence-electron chi connectivity index (χ0n) is 11.3. The van der Waals surface area contributed by atoms with Crippen molar-refractivity contribution in [3.05, 3.63) is 67.7 Å². The Hall–Kier alpha value is -1.88. The van der Waals surface area contributed by atoms with Gasteiger partial charge in [0.05, 0.1) is 9.40 Å². The molecule has 0 amide bonds. The van der Waals surface area contributed by atoms with Crippen molar-refractivity contribution in [1.29, 1.82) is 0 Å². The molecule has 0 radical (unpaired) electrons. The van der Waals surface area contributed by atoms with Crippen LogP contribution in [-0.2, 0) is 6.54 Å². The Morgan fingerprint density at radius 1 is 1.20 bits per heavy atom. The maximum atomic E-state index is 10.9. The third-order valence-electron chi connectivity index (χ3n) is 3.13. The highest BCUT2D eigenvalue weighted by Gasteiger charge is 2.12. The van der Waals surface area contributed by atoms with Crippen molar-refractivity contribution in [1.82, 2.24) is 0 Å². The summed E-state index contributed by atoms with van der Waals surface area (Å²) in [6, 6.07) is 11.3. The van der Waals surface area contributed by atoms with Gasteiger partial charge in [-0.15, -0.1) is 0 Å². The normalized spacial score (nSPS) is 10.3. The molecule has 2 aromatic rings. The maximum Gasteiger partial charge on any atom is 0.285 e. The summed E-state index contributed by atoms with van der Waals surface area (Å²) in [5.41, 5.74) is 4.40. The first-order valence-corrected chi connectivity index (χ1v) is 7.00. The molecule has 0 atom stereocenters. The standard InChI is InChI=1S/C15H15BrN2O2/c1-10-3-4-11(2)12(7-10)9-17-13-5-6-14(16)15(8-13)18(19)20/h3-8,17H,9H2,1-2H3. The van der Waals surface area contributed by atoms with E-state index in [1.165, 1.54) is 22.8 Å². The van der Waals surface area contributed by atoms with E-state index < -0.39 is 4.92 Å². The van der Waals surface area contributed by atoms with Gasteiger partial charge in [-0.05, 0) is 53.0 Å². The van der Waals surface area contributed by atoms with Crippen molar-refractivity contribution >= 4 is 27.3 Å². The summed E-state index contributed by atoms with van der Waals surface area (Å²) >= 11 is 3.18. The van der Waals surface area contributed by atoms with Gasteiger partial charge in [0.15, 0.2) is 0 Å². The van der Waals surface area contributed by atoms with E-state index in [4.69, 9.17) is 0 Å². The summed E-state index contributed by atoms with van der Waals surface area (Å²) in [7, 11) is 0. The minimum absolute atomic E-state index is 0.0657. The molecule has 0 saturated carbocycles. The van der Waals surface area contributed by atoms with Gasteiger partial charge in [0.2, 0.25) is 0 Å². The molecule has 0 aliphatic carbocycles. The lowest BCUT2D eigenvalue weighted by Crippen LogP contribution is -2.02. The highest BCUT2D eigenvalue weighted by atomic mass is 79.9. The van der Waals surface area contributed by atoms with E-state index in [0.717, 1.165) is 5.69 Å². The smallest absolute Gasteiger partial charge is 0.285 e. The van der Waals surface area contributed by atoms with Gasteiger partial charge in [0.1, 0.15) is 0 Å². The van der Waals surface area contributed by atoms with Crippen molar-refractivity contribution in [3.8, 4) is 0 Å². The van der Waals surface area contributed by atoms with Crippen LogP contribution in [0.2, 0.25) is 0 Å². The second kappa shape index (κ2) is 6.05. The van der Waals surface area contributed by atoms with Gasteiger partial charge in [-0.1, -0.05) is 23.8 Å². The Morgan fingerprint density at radius 2 is 1.95 bits per heavy atom. The Labute approximate surface area is 126 Å². The van der Waals surface area contributed by atoms with Crippen molar-refractivity contribution < 1.29 is 4.92 Å². The SMILES string of the molecule is Cc1ccc(C)c(CNc2ccc(Br)c([N+](=O)[O-])c2)c1. The first-order chi connectivity index (χ1) is 9.47. The molecule has 20 heavy (non-hydrogen) atoms. The second-order valence-electron chi connectivity index (χ2n) is 4.71. The van der Waals surface area contributed by atoms with E-state index >= 15 is 0 Å². The molecule has 0 fully saturated rings. The van der Waals surface area contributed by atoms with Gasteiger partial charge in [-0.2, -0.15) is 0 Å². The predicted molar refractivity (Wildman–Crippen MR) is 84.0 cm³/mol. The molecule has 2 aromatic carbocycles. The van der Waals surface area contributed by atoms with E-state index in [1.54, 1.807) is 6.07 Å². The monoisotopic (exact) mass is 334 g/mol. The Kier molecular flexibility index (Phi) is 4.39. The highest BCUT2D eigenvalue weighted by molar-refractivity contribution is 9.10. The summed E-state index contributed by atoms with van der Waals surface area (Å²) in [4.78, 5) is 10.5. The quantitative estimate of drug-likeness (QED) is 0.657. The van der Waals surface area contributed by atoms with Crippen molar-refractivity contribution in [2.45, 2.75) is 20.4 Å². The van der Waals surface area contributed by atoms with Crippen LogP contribution < -0.4 is 5.32 Å². The van der Waals surface area contributed by atoms with Crippen LogP contribution >= 0.6 is 15.9 Å². The highest BCUT2D eigenvalue weighted by Crippen LogP contribution is 2.28. The lowest BCUT2D eigenvalue weighted by Gasteiger charge is -2.10. The van der Waals surface area contributed by atoms with Crippen LogP contribution in [-0.4, -0.2) is 4.92 Å². The van der Waals surface area contributed by atoms with Gasteiger partial charge < -0.3 is 5.32 Å². The average Bonchev–Trinajstić information content (AvgIpc) is 2.41. The summed E-state index contributed by atoms with van der Waals surface area (Å²) < 4.78 is 0.486. The molecule has 0 saturated heterocycles. The molecule has 1 N–H and O–H groups in total. The number of nitro benzene ring substituents is 1. The summed E-state index contributed by atoms with van der Waals surface area (Å²) in [6.07, 6.45) is 0. The number of nitrogens with zero attached hydrogens (tertiary/aromatic N) is 1. The fourth-order valence-electron chi connectivity index (χ4n) is 1.95. The van der Waals surface area contributed by atoms with Crippen LogP contribution in [0.25, 0.3) is 0 Å². The zero-order chi connectivity index (χ0) is 14.7. The Bertz CT molecular complexity index is 656. The molecule has 0 unspecified atom stereocenters. The molecule has 0 aromatic heterocycles. The number of nitro groups is 1.